The molecule has 3 rings (SSSR count). The third-order valence-electron chi connectivity index (χ3n) is 4.14. The molecule has 29 heavy (non-hydrogen) atoms. The normalized spacial score (nSPS) is 16.4. The molecule has 1 aliphatic rings. The van der Waals surface area contributed by atoms with E-state index in [-0.39, 0.29) is 11.5 Å². The van der Waals surface area contributed by atoms with Crippen molar-refractivity contribution < 1.29 is 32.2 Å². The molecule has 0 aromatic heterocycles. The van der Waals surface area contributed by atoms with Gasteiger partial charge in [0.05, 0.1) is 13.0 Å². The zero-order valence-corrected chi connectivity index (χ0v) is 16.0. The molecule has 1 heterocycles. The summed E-state index contributed by atoms with van der Waals surface area (Å²) < 4.78 is 45.6. The number of rotatable bonds is 5. The lowest BCUT2D eigenvalue weighted by Crippen LogP contribution is -2.44. The summed E-state index contributed by atoms with van der Waals surface area (Å²) in [4.78, 5) is 26.8. The van der Waals surface area contributed by atoms with Crippen molar-refractivity contribution in [1.29, 1.82) is 0 Å². The molecule has 0 radical (unpaired) electrons. The number of nitrogens with one attached hydrogen (secondary N) is 1. The van der Waals surface area contributed by atoms with Crippen LogP contribution in [-0.2, 0) is 4.79 Å². The molecule has 1 saturated heterocycles. The Morgan fingerprint density at radius 1 is 1.07 bits per heavy atom. The maximum Gasteiger partial charge on any atom is 0.573 e. The molecular formula is C19H17F3N2O4S. The summed E-state index contributed by atoms with van der Waals surface area (Å²) in [6.45, 7) is 0. The molecular weight excluding hydrogens is 409 g/mol. The topological polar surface area (TPSA) is 67.9 Å². The van der Waals surface area contributed by atoms with Crippen molar-refractivity contribution in [2.45, 2.75) is 12.4 Å². The van der Waals surface area contributed by atoms with E-state index in [2.05, 4.69) is 10.1 Å². The van der Waals surface area contributed by atoms with Crippen LogP contribution in [0.1, 0.15) is 10.4 Å². The van der Waals surface area contributed by atoms with E-state index in [0.717, 1.165) is 12.1 Å². The molecule has 1 unspecified atom stereocenters. The van der Waals surface area contributed by atoms with Crippen molar-refractivity contribution in [2.24, 2.45) is 0 Å². The second-order valence-electron chi connectivity index (χ2n) is 6.08. The van der Waals surface area contributed by atoms with Crippen molar-refractivity contribution in [1.82, 2.24) is 4.90 Å². The zero-order chi connectivity index (χ0) is 21.0. The van der Waals surface area contributed by atoms with Gasteiger partial charge in [-0.3, -0.25) is 9.59 Å². The van der Waals surface area contributed by atoms with Crippen LogP contribution in [0, 0.1) is 0 Å². The molecule has 2 amide bonds. The summed E-state index contributed by atoms with van der Waals surface area (Å²) in [5.41, 5.74) is 0.734. The van der Waals surface area contributed by atoms with Crippen LogP contribution in [0.3, 0.4) is 0 Å². The number of hydrogen-bond acceptors (Lipinski definition) is 5. The van der Waals surface area contributed by atoms with Crippen LogP contribution in [0.15, 0.2) is 48.5 Å². The molecule has 154 valence electrons. The summed E-state index contributed by atoms with van der Waals surface area (Å²) >= 11 is 1.42. The van der Waals surface area contributed by atoms with Gasteiger partial charge in [-0.05, 0) is 48.5 Å². The number of thioether (sulfide) groups is 1. The first kappa shape index (κ1) is 20.8. The molecule has 2 aromatic carbocycles. The Morgan fingerprint density at radius 3 is 2.28 bits per heavy atom. The fourth-order valence-electron chi connectivity index (χ4n) is 2.72. The van der Waals surface area contributed by atoms with Gasteiger partial charge in [0.15, 0.2) is 0 Å². The van der Waals surface area contributed by atoms with E-state index in [9.17, 15) is 22.8 Å². The standard InChI is InChI=1S/C19H17F3N2O4S/c1-27-14-8-4-13(5-9-14)23-17(25)16-10-29-11-24(16)18(26)12-2-6-15(7-3-12)28-19(20,21)22/h2-9,16H,10-11H2,1H3,(H,23,25). The fraction of sp³-hybridized carbons (Fsp3) is 0.263. The van der Waals surface area contributed by atoms with Crippen molar-refractivity contribution in [2.75, 3.05) is 24.1 Å². The van der Waals surface area contributed by atoms with Crippen LogP contribution in [-0.4, -0.2) is 47.9 Å². The van der Waals surface area contributed by atoms with Crippen molar-refractivity contribution in [3.63, 3.8) is 0 Å². The number of amides is 2. The molecule has 10 heteroatoms. The van der Waals surface area contributed by atoms with Gasteiger partial charge >= 0.3 is 6.36 Å². The minimum Gasteiger partial charge on any atom is -0.497 e. The summed E-state index contributed by atoms with van der Waals surface area (Å²) in [6.07, 6.45) is -4.80. The maximum atomic E-state index is 12.7. The first-order valence-corrected chi connectivity index (χ1v) is 9.62. The second-order valence-corrected chi connectivity index (χ2v) is 7.08. The minimum atomic E-state index is -4.80. The van der Waals surface area contributed by atoms with E-state index in [4.69, 9.17) is 4.74 Å². The molecule has 0 aliphatic carbocycles. The number of halogens is 3. The summed E-state index contributed by atoms with van der Waals surface area (Å²) in [5.74, 6) is 0.172. The van der Waals surface area contributed by atoms with E-state index < -0.39 is 24.1 Å². The predicted molar refractivity (Wildman–Crippen MR) is 102 cm³/mol. The van der Waals surface area contributed by atoms with Gasteiger partial charge in [-0.1, -0.05) is 0 Å². The van der Waals surface area contributed by atoms with Crippen LogP contribution in [0.25, 0.3) is 0 Å². The van der Waals surface area contributed by atoms with Gasteiger partial charge in [0.25, 0.3) is 5.91 Å². The zero-order valence-electron chi connectivity index (χ0n) is 15.2. The first-order chi connectivity index (χ1) is 13.8. The lowest BCUT2D eigenvalue weighted by molar-refractivity contribution is -0.274. The van der Waals surface area contributed by atoms with E-state index in [1.807, 2.05) is 0 Å². The molecule has 1 atom stereocenters. The van der Waals surface area contributed by atoms with Gasteiger partial charge in [-0.15, -0.1) is 24.9 Å². The lowest BCUT2D eigenvalue weighted by atomic mass is 10.1. The number of ether oxygens (including phenoxy) is 2. The highest BCUT2D eigenvalue weighted by Crippen LogP contribution is 2.27. The second kappa shape index (κ2) is 8.64. The molecule has 0 spiro atoms. The molecule has 0 saturated carbocycles. The molecule has 1 aliphatic heterocycles. The largest absolute Gasteiger partial charge is 0.573 e. The van der Waals surface area contributed by atoms with E-state index in [1.54, 1.807) is 24.3 Å². The highest BCUT2D eigenvalue weighted by atomic mass is 32.2. The van der Waals surface area contributed by atoms with Crippen LogP contribution in [0.5, 0.6) is 11.5 Å². The minimum absolute atomic E-state index is 0.171. The quantitative estimate of drug-likeness (QED) is 0.789. The van der Waals surface area contributed by atoms with Crippen LogP contribution in [0.4, 0.5) is 18.9 Å². The van der Waals surface area contributed by atoms with Gasteiger partial charge < -0.3 is 19.7 Å². The van der Waals surface area contributed by atoms with E-state index in [0.29, 0.717) is 23.1 Å². The van der Waals surface area contributed by atoms with Crippen molar-refractivity contribution in [3.8, 4) is 11.5 Å². The van der Waals surface area contributed by atoms with Crippen LogP contribution >= 0.6 is 11.8 Å². The van der Waals surface area contributed by atoms with Crippen molar-refractivity contribution in [3.05, 3.63) is 54.1 Å². The Hall–Kier alpha value is -2.88. The van der Waals surface area contributed by atoms with E-state index in [1.165, 1.54) is 35.9 Å². The van der Waals surface area contributed by atoms with Gasteiger partial charge in [0, 0.05) is 17.0 Å². The van der Waals surface area contributed by atoms with Gasteiger partial charge in [0.1, 0.15) is 17.5 Å². The Kier molecular flexibility index (Phi) is 6.21. The number of carbonyl (C=O) groups is 2. The average molecular weight is 426 g/mol. The Bertz CT molecular complexity index is 873. The van der Waals surface area contributed by atoms with Crippen molar-refractivity contribution >= 4 is 29.3 Å². The predicted octanol–water partition coefficient (Wildman–Crippen LogP) is 3.75. The Labute approximate surface area is 169 Å². The highest BCUT2D eigenvalue weighted by Gasteiger charge is 2.35. The lowest BCUT2D eigenvalue weighted by Gasteiger charge is -2.23. The number of hydrogen-bond donors (Lipinski definition) is 1. The van der Waals surface area contributed by atoms with Crippen LogP contribution < -0.4 is 14.8 Å². The van der Waals surface area contributed by atoms with Gasteiger partial charge in [-0.2, -0.15) is 0 Å². The van der Waals surface area contributed by atoms with E-state index >= 15 is 0 Å². The third kappa shape index (κ3) is 5.35. The summed E-state index contributed by atoms with van der Waals surface area (Å²) in [6, 6.07) is 10.7. The number of anilines is 1. The molecule has 0 bridgehead atoms. The SMILES string of the molecule is COc1ccc(NC(=O)C2CSCN2C(=O)c2ccc(OC(F)(F)F)cc2)cc1. The number of benzene rings is 2. The Morgan fingerprint density at radius 2 is 1.69 bits per heavy atom. The fourth-order valence-corrected chi connectivity index (χ4v) is 3.88. The number of methoxy groups -OCH3 is 1. The number of alkyl halides is 3. The molecule has 6 nitrogen and oxygen atoms in total. The van der Waals surface area contributed by atoms with Gasteiger partial charge in [-0.25, -0.2) is 0 Å². The van der Waals surface area contributed by atoms with Gasteiger partial charge in [0.2, 0.25) is 5.91 Å². The molecule has 2 aromatic rings. The highest BCUT2D eigenvalue weighted by molar-refractivity contribution is 7.99. The maximum absolute atomic E-state index is 12.7. The molecule has 1 N–H and O–H groups in total. The third-order valence-corrected chi connectivity index (χ3v) is 5.15. The monoisotopic (exact) mass is 426 g/mol. The smallest absolute Gasteiger partial charge is 0.497 e. The first-order valence-electron chi connectivity index (χ1n) is 8.46. The number of nitrogens with zero attached hydrogens (tertiary/aromatic N) is 1. The average Bonchev–Trinajstić information content (AvgIpc) is 3.17. The summed E-state index contributed by atoms with van der Waals surface area (Å²) in [5, 5.41) is 2.76. The number of carbonyl (C=O) groups excluding carboxylic acids is 2. The summed E-state index contributed by atoms with van der Waals surface area (Å²) in [7, 11) is 1.54. The Balaban J connectivity index is 1.67. The molecule has 1 fully saturated rings. The van der Waals surface area contributed by atoms with Crippen LogP contribution in [0.2, 0.25) is 0 Å².